The fourth-order valence-corrected chi connectivity index (χ4v) is 19.5. The summed E-state index contributed by atoms with van der Waals surface area (Å²) in [6.45, 7) is 4.37. The molecule has 0 saturated heterocycles. The molecule has 102 heavy (non-hydrogen) atoms. The Hall–Kier alpha value is -12.9. The molecule has 0 aromatic heterocycles. The van der Waals surface area contributed by atoms with E-state index in [0.717, 1.165) is 39.7 Å². The second-order valence-corrected chi connectivity index (χ2v) is 28.6. The first-order chi connectivity index (χ1) is 50.4. The van der Waals surface area contributed by atoms with Gasteiger partial charge >= 0.3 is 0 Å². The van der Waals surface area contributed by atoms with Gasteiger partial charge in [-0.05, 0) is 263 Å². The zero-order valence-corrected chi connectivity index (χ0v) is 56.4. The molecule has 2 heteroatoms. The van der Waals surface area contributed by atoms with Crippen molar-refractivity contribution in [3.63, 3.8) is 0 Å². The fraction of sp³-hybridized carbons (Fsp3) is 0.0400. The molecule has 4 aliphatic rings. The van der Waals surface area contributed by atoms with Crippen LogP contribution in [0.3, 0.4) is 0 Å². The minimum absolute atomic E-state index is 0.564. The number of fused-ring (bicyclic) bond motifs is 34. The van der Waals surface area contributed by atoms with Gasteiger partial charge in [-0.3, -0.25) is 0 Å². The van der Waals surface area contributed by atoms with Gasteiger partial charge in [-0.2, -0.15) is 0 Å². The molecule has 0 amide bonds. The van der Waals surface area contributed by atoms with Gasteiger partial charge in [0.05, 0.1) is 10.8 Å². The topological polar surface area (TPSA) is 6.48 Å². The van der Waals surface area contributed by atoms with Crippen molar-refractivity contribution >= 4 is 98.8 Å². The van der Waals surface area contributed by atoms with E-state index in [0.29, 0.717) is 0 Å². The normalized spacial score (nSPS) is 13.5. The molecule has 18 aromatic rings. The molecule has 0 fully saturated rings. The van der Waals surface area contributed by atoms with Crippen LogP contribution >= 0.6 is 0 Å². The maximum absolute atomic E-state index is 2.49. The lowest BCUT2D eigenvalue weighted by Crippen LogP contribution is -2.26. The second kappa shape index (κ2) is 21.3. The van der Waals surface area contributed by atoms with E-state index in [4.69, 9.17) is 0 Å². The van der Waals surface area contributed by atoms with Crippen molar-refractivity contribution in [2.24, 2.45) is 0 Å². The number of hydrogen-bond donors (Lipinski definition) is 0. The van der Waals surface area contributed by atoms with Crippen molar-refractivity contribution < 1.29 is 0 Å². The van der Waals surface area contributed by atoms with Crippen LogP contribution in [-0.2, 0) is 10.8 Å². The number of benzene rings is 18. The summed E-state index contributed by atoms with van der Waals surface area (Å²) in [4.78, 5) is 4.89. The predicted molar refractivity (Wildman–Crippen MR) is 428 cm³/mol. The van der Waals surface area contributed by atoms with Crippen molar-refractivity contribution in [3.8, 4) is 55.6 Å². The molecule has 0 heterocycles. The molecule has 0 aliphatic heterocycles. The molecule has 22 rings (SSSR count). The highest BCUT2D eigenvalue weighted by Crippen LogP contribution is 2.69. The molecule has 4 aliphatic carbocycles. The molecule has 474 valence electrons. The summed E-state index contributed by atoms with van der Waals surface area (Å²) in [6, 6.07) is 134. The summed E-state index contributed by atoms with van der Waals surface area (Å²) in [6.07, 6.45) is 0. The van der Waals surface area contributed by atoms with Gasteiger partial charge in [0.1, 0.15) is 0 Å². The lowest BCUT2D eigenvalue weighted by atomic mass is 9.68. The summed E-state index contributed by atoms with van der Waals surface area (Å²) < 4.78 is 0. The Labute approximate surface area is 592 Å². The van der Waals surface area contributed by atoms with Crippen molar-refractivity contribution in [2.75, 3.05) is 9.80 Å². The minimum atomic E-state index is -0.636. The number of nitrogens with zero attached hydrogens (tertiary/aromatic N) is 2. The lowest BCUT2D eigenvalue weighted by Gasteiger charge is -2.33. The monoisotopic (exact) mass is 1290 g/mol. The molecule has 2 spiro atoms. The van der Waals surface area contributed by atoms with Crippen LogP contribution in [0.4, 0.5) is 34.1 Å². The summed E-state index contributed by atoms with van der Waals surface area (Å²) >= 11 is 0. The standard InChI is InChI=1S/C100H64N2/c1-61-42-47-68(48-43-61)101(67-25-4-3-5-26-67)71-49-54-83-87(59-71)75-30-8-11-37-82(75)94-86-53-46-66-57-65(45-51-74(66)96(86)100(98(83)94)91-40-18-14-34-79(91)80-35-15-19-41-92(80)100)64-24-21-28-70(58-64)102(69-27-20-22-62(2)56-69)72-50-55-84-88(60-72)76-31-9-10-36-81(76)93-85-52-44-63-23-6-7-29-73(63)95(85)99(97(84)93)89-38-16-12-32-77(89)78-33-13-17-39-90(78)99/h3-60H,1-2H3. The van der Waals surface area contributed by atoms with Crippen molar-refractivity contribution in [1.29, 1.82) is 0 Å². The number of rotatable bonds is 7. The van der Waals surface area contributed by atoms with Gasteiger partial charge in [-0.25, -0.2) is 0 Å². The maximum atomic E-state index is 2.49. The van der Waals surface area contributed by atoms with E-state index in [1.165, 1.54) is 170 Å². The van der Waals surface area contributed by atoms with Crippen molar-refractivity contribution in [2.45, 2.75) is 24.7 Å². The van der Waals surface area contributed by atoms with E-state index in [9.17, 15) is 0 Å². The largest absolute Gasteiger partial charge is 0.310 e. The molecule has 0 unspecified atom stereocenters. The third-order valence-corrected chi connectivity index (χ3v) is 23.4. The Morgan fingerprint density at radius 3 is 1.14 bits per heavy atom. The van der Waals surface area contributed by atoms with E-state index >= 15 is 0 Å². The highest BCUT2D eigenvalue weighted by atomic mass is 15.1. The molecule has 0 atom stereocenters. The summed E-state index contributed by atoms with van der Waals surface area (Å²) in [5.74, 6) is 0. The minimum Gasteiger partial charge on any atom is -0.310 e. The van der Waals surface area contributed by atoms with E-state index in [2.05, 4.69) is 375 Å². The number of aryl methyl sites for hydroxylation is 2. The Morgan fingerprint density at radius 2 is 0.588 bits per heavy atom. The number of hydrogen-bond acceptors (Lipinski definition) is 2. The Bertz CT molecular complexity index is 6580. The van der Waals surface area contributed by atoms with Gasteiger partial charge in [0, 0.05) is 34.1 Å². The van der Waals surface area contributed by atoms with Crippen LogP contribution in [0.2, 0.25) is 0 Å². The van der Waals surface area contributed by atoms with Gasteiger partial charge in [-0.1, -0.05) is 279 Å². The van der Waals surface area contributed by atoms with Crippen LogP contribution in [0.5, 0.6) is 0 Å². The van der Waals surface area contributed by atoms with E-state index in [1.807, 2.05) is 0 Å². The highest BCUT2D eigenvalue weighted by Gasteiger charge is 2.56. The van der Waals surface area contributed by atoms with Gasteiger partial charge in [0.25, 0.3) is 0 Å². The Morgan fingerprint density at radius 1 is 0.196 bits per heavy atom. The summed E-state index contributed by atoms with van der Waals surface area (Å²) in [7, 11) is 0. The third kappa shape index (κ3) is 7.62. The molecule has 0 radical (unpaired) electrons. The summed E-state index contributed by atoms with van der Waals surface area (Å²) in [5, 5.41) is 15.1. The highest BCUT2D eigenvalue weighted by molar-refractivity contribution is 6.24. The number of anilines is 6. The first-order valence-corrected chi connectivity index (χ1v) is 35.8. The smallest absolute Gasteiger partial charge is 0.0737 e. The fourth-order valence-electron chi connectivity index (χ4n) is 19.5. The molecule has 2 nitrogen and oxygen atoms in total. The van der Waals surface area contributed by atoms with Gasteiger partial charge in [-0.15, -0.1) is 0 Å². The Balaban J connectivity index is 0.731. The molecule has 0 saturated carbocycles. The SMILES string of the molecule is Cc1ccc(N(c2ccccc2)c2ccc3c4c(c5ccccc5c3c2)-c2ccc3cc(-c5cccc(N(c6cccc(C)c6)c6ccc7c8c(c9ccccc9c7c6)-c6ccc7ccccc7c6C86c7ccccc7-c7ccccc76)c5)ccc3c2C42c3ccccc3-c3ccccc32)cc1. The van der Waals surface area contributed by atoms with Crippen LogP contribution in [0, 0.1) is 13.8 Å². The van der Waals surface area contributed by atoms with Crippen molar-refractivity contribution in [1.82, 2.24) is 0 Å². The first kappa shape index (κ1) is 57.1. The van der Waals surface area contributed by atoms with Gasteiger partial charge < -0.3 is 9.80 Å². The third-order valence-electron chi connectivity index (χ3n) is 23.4. The number of para-hydroxylation sites is 1. The first-order valence-electron chi connectivity index (χ1n) is 35.8. The van der Waals surface area contributed by atoms with Crippen LogP contribution in [0.1, 0.15) is 55.6 Å². The second-order valence-electron chi connectivity index (χ2n) is 28.6. The molecular weight excluding hydrogens is 1230 g/mol. The molecule has 0 N–H and O–H groups in total. The van der Waals surface area contributed by atoms with Crippen LogP contribution in [-0.4, -0.2) is 0 Å². The van der Waals surface area contributed by atoms with Gasteiger partial charge in [0.2, 0.25) is 0 Å². The van der Waals surface area contributed by atoms with Crippen LogP contribution in [0.25, 0.3) is 120 Å². The van der Waals surface area contributed by atoms with Gasteiger partial charge in [0.15, 0.2) is 0 Å². The quantitative estimate of drug-likeness (QED) is 0.147. The van der Waals surface area contributed by atoms with Crippen molar-refractivity contribution in [3.05, 3.63) is 407 Å². The molecular formula is C100H64N2. The zero-order chi connectivity index (χ0) is 67.1. The van der Waals surface area contributed by atoms with E-state index < -0.39 is 10.8 Å². The Kier molecular flexibility index (Phi) is 11.9. The average molecular weight is 1290 g/mol. The molecule has 0 bridgehead atoms. The summed E-state index contributed by atoms with van der Waals surface area (Å²) in [5.41, 5.74) is 31.5. The lowest BCUT2D eigenvalue weighted by molar-refractivity contribution is 0.809. The van der Waals surface area contributed by atoms with Crippen LogP contribution in [0.15, 0.2) is 352 Å². The zero-order valence-electron chi connectivity index (χ0n) is 56.4. The van der Waals surface area contributed by atoms with E-state index in [1.54, 1.807) is 0 Å². The molecule has 18 aromatic carbocycles. The average Bonchev–Trinajstić information content (AvgIpc) is 1.49. The van der Waals surface area contributed by atoms with Crippen LogP contribution < -0.4 is 9.80 Å². The predicted octanol–water partition coefficient (Wildman–Crippen LogP) is 26.5. The van der Waals surface area contributed by atoms with E-state index in [-0.39, 0.29) is 0 Å². The maximum Gasteiger partial charge on any atom is 0.0737 e.